The zero-order valence-electron chi connectivity index (χ0n) is 12.6. The molecule has 0 radical (unpaired) electrons. The Morgan fingerprint density at radius 3 is 2.91 bits per heavy atom. The average Bonchev–Trinajstić information content (AvgIpc) is 2.91. The van der Waals surface area contributed by atoms with Crippen LogP contribution in [0.5, 0.6) is 0 Å². The topological polar surface area (TPSA) is 50.7 Å². The number of rotatable bonds is 2. The van der Waals surface area contributed by atoms with E-state index in [-0.39, 0.29) is 0 Å². The number of ether oxygens (including phenoxy) is 2. The summed E-state index contributed by atoms with van der Waals surface area (Å²) >= 11 is 6.26. The number of hydrogen-bond acceptors (Lipinski definition) is 6. The van der Waals surface area contributed by atoms with Crippen LogP contribution in [0.15, 0.2) is 6.07 Å². The first-order chi connectivity index (χ1) is 10.8. The van der Waals surface area contributed by atoms with E-state index < -0.39 is 0 Å². The Kier molecular flexibility index (Phi) is 4.07. The van der Waals surface area contributed by atoms with Gasteiger partial charge in [-0.05, 0) is 19.3 Å². The molecule has 22 heavy (non-hydrogen) atoms. The minimum Gasteiger partial charge on any atom is -0.378 e. The maximum Gasteiger partial charge on any atom is 0.229 e. The number of aromatic nitrogens is 2. The minimum absolute atomic E-state index is 0.299. The molecule has 4 saturated heterocycles. The molecule has 1 aromatic heterocycles. The smallest absolute Gasteiger partial charge is 0.229 e. The molecule has 4 aliphatic rings. The first-order valence-electron chi connectivity index (χ1n) is 8.05. The lowest BCUT2D eigenvalue weighted by Crippen LogP contribution is -2.48. The molecule has 5 heterocycles. The largest absolute Gasteiger partial charge is 0.378 e. The van der Waals surface area contributed by atoms with Gasteiger partial charge in [-0.15, -0.1) is 0 Å². The van der Waals surface area contributed by atoms with Gasteiger partial charge in [-0.2, -0.15) is 4.98 Å². The average molecular weight is 325 g/mol. The molecule has 0 amide bonds. The van der Waals surface area contributed by atoms with Gasteiger partial charge in [0.1, 0.15) is 11.0 Å². The lowest BCUT2D eigenvalue weighted by atomic mass is 10.1. The van der Waals surface area contributed by atoms with Crippen LogP contribution in [0.4, 0.5) is 11.8 Å². The zero-order valence-corrected chi connectivity index (χ0v) is 13.3. The van der Waals surface area contributed by atoms with Gasteiger partial charge >= 0.3 is 0 Å². The summed E-state index contributed by atoms with van der Waals surface area (Å²) in [6.07, 6.45) is 3.78. The molecule has 6 nitrogen and oxygen atoms in total. The van der Waals surface area contributed by atoms with Gasteiger partial charge in [-0.3, -0.25) is 0 Å². The van der Waals surface area contributed by atoms with Gasteiger partial charge in [0.25, 0.3) is 0 Å². The first kappa shape index (κ1) is 14.5. The molecule has 2 atom stereocenters. The maximum atomic E-state index is 6.26. The fraction of sp³-hybridized carbons (Fsp3) is 0.733. The highest BCUT2D eigenvalue weighted by Crippen LogP contribution is 2.30. The van der Waals surface area contributed by atoms with Gasteiger partial charge in [0.05, 0.1) is 32.0 Å². The summed E-state index contributed by atoms with van der Waals surface area (Å²) in [7, 11) is 0. The van der Waals surface area contributed by atoms with Crippen LogP contribution in [0.25, 0.3) is 0 Å². The third-order valence-corrected chi connectivity index (χ3v) is 4.88. The van der Waals surface area contributed by atoms with Crippen molar-refractivity contribution in [2.24, 2.45) is 0 Å². The molecular formula is C15H21ClN4O2. The van der Waals surface area contributed by atoms with Crippen LogP contribution in [-0.4, -0.2) is 61.6 Å². The third kappa shape index (κ3) is 2.87. The van der Waals surface area contributed by atoms with E-state index in [1.807, 2.05) is 6.07 Å². The first-order valence-corrected chi connectivity index (χ1v) is 8.43. The fourth-order valence-corrected chi connectivity index (χ4v) is 3.65. The minimum atomic E-state index is 0.299. The van der Waals surface area contributed by atoms with Gasteiger partial charge in [-0.25, -0.2) is 4.98 Å². The molecule has 0 aromatic carbocycles. The highest BCUT2D eigenvalue weighted by atomic mass is 35.5. The van der Waals surface area contributed by atoms with Crippen molar-refractivity contribution in [2.45, 2.75) is 31.4 Å². The number of hydrogen-bond donors (Lipinski definition) is 0. The molecule has 2 bridgehead atoms. The highest BCUT2D eigenvalue weighted by molar-refractivity contribution is 6.29. The van der Waals surface area contributed by atoms with Crippen molar-refractivity contribution in [2.75, 3.05) is 49.3 Å². The summed E-state index contributed by atoms with van der Waals surface area (Å²) in [6.45, 7) is 4.81. The third-order valence-electron chi connectivity index (χ3n) is 4.69. The van der Waals surface area contributed by atoms with Gasteiger partial charge in [0, 0.05) is 25.7 Å². The predicted molar refractivity (Wildman–Crippen MR) is 84.8 cm³/mol. The number of halogens is 1. The SMILES string of the molecule is Clc1cc(N2CCOCC2)nc(N2CC3CCCC2CO3)n1. The summed E-state index contributed by atoms with van der Waals surface area (Å²) in [5, 5.41) is 0.507. The Morgan fingerprint density at radius 2 is 2.05 bits per heavy atom. The van der Waals surface area contributed by atoms with Crippen molar-refractivity contribution in [1.29, 1.82) is 0 Å². The van der Waals surface area contributed by atoms with Crippen LogP contribution >= 0.6 is 11.6 Å². The number of morpholine rings is 2. The van der Waals surface area contributed by atoms with Crippen molar-refractivity contribution in [3.05, 3.63) is 11.2 Å². The van der Waals surface area contributed by atoms with Crippen LogP contribution in [0, 0.1) is 0 Å². The van der Waals surface area contributed by atoms with E-state index in [1.165, 1.54) is 6.42 Å². The van der Waals surface area contributed by atoms with Crippen LogP contribution in [0.3, 0.4) is 0 Å². The maximum absolute atomic E-state index is 6.26. The number of nitrogens with zero attached hydrogens (tertiary/aromatic N) is 4. The molecule has 0 aliphatic carbocycles. The lowest BCUT2D eigenvalue weighted by Gasteiger charge is -2.37. The van der Waals surface area contributed by atoms with Gasteiger partial charge < -0.3 is 19.3 Å². The molecule has 7 heteroatoms. The molecule has 0 spiro atoms. The van der Waals surface area contributed by atoms with Crippen LogP contribution in [0.2, 0.25) is 5.15 Å². The van der Waals surface area contributed by atoms with Crippen molar-refractivity contribution < 1.29 is 9.47 Å². The Bertz CT molecular complexity index is 534. The summed E-state index contributed by atoms with van der Waals surface area (Å²) in [6, 6.07) is 2.22. The Hall–Kier alpha value is -1.11. The molecule has 2 unspecified atom stereocenters. The second kappa shape index (κ2) is 6.18. The van der Waals surface area contributed by atoms with E-state index >= 15 is 0 Å². The fourth-order valence-electron chi connectivity index (χ4n) is 3.48. The standard InChI is InChI=1S/C15H21ClN4O2/c16-13-8-14(19-4-6-21-7-5-19)18-15(17-13)20-9-12-3-1-2-11(20)10-22-12/h8,11-12H,1-7,9-10H2. The van der Waals surface area contributed by atoms with E-state index in [4.69, 9.17) is 26.1 Å². The normalized spacial score (nSPS) is 28.8. The van der Waals surface area contributed by atoms with E-state index in [1.54, 1.807) is 0 Å². The van der Waals surface area contributed by atoms with Crippen molar-refractivity contribution in [1.82, 2.24) is 9.97 Å². The van der Waals surface area contributed by atoms with E-state index in [0.717, 1.165) is 64.1 Å². The number of anilines is 2. The monoisotopic (exact) mass is 324 g/mol. The molecule has 1 aromatic rings. The van der Waals surface area contributed by atoms with Crippen LogP contribution in [-0.2, 0) is 9.47 Å². The van der Waals surface area contributed by atoms with E-state index in [0.29, 0.717) is 17.3 Å². The molecule has 4 fully saturated rings. The molecule has 0 N–H and O–H groups in total. The second-order valence-corrected chi connectivity index (χ2v) is 6.53. The molecular weight excluding hydrogens is 304 g/mol. The Balaban J connectivity index is 1.62. The van der Waals surface area contributed by atoms with Gasteiger partial charge in [-0.1, -0.05) is 11.6 Å². The summed E-state index contributed by atoms with van der Waals surface area (Å²) in [5.41, 5.74) is 0. The molecule has 4 aliphatic heterocycles. The van der Waals surface area contributed by atoms with Gasteiger partial charge in [0.2, 0.25) is 5.95 Å². The summed E-state index contributed by atoms with van der Waals surface area (Å²) in [4.78, 5) is 13.8. The lowest BCUT2D eigenvalue weighted by molar-refractivity contribution is 0.0301. The summed E-state index contributed by atoms with van der Waals surface area (Å²) in [5.74, 6) is 1.65. The van der Waals surface area contributed by atoms with E-state index in [2.05, 4.69) is 14.8 Å². The molecule has 5 rings (SSSR count). The summed E-state index contributed by atoms with van der Waals surface area (Å²) < 4.78 is 11.3. The Morgan fingerprint density at radius 1 is 1.18 bits per heavy atom. The second-order valence-electron chi connectivity index (χ2n) is 6.14. The van der Waals surface area contributed by atoms with Crippen molar-refractivity contribution in [3.8, 4) is 0 Å². The number of fused-ring (bicyclic) bond motifs is 4. The highest BCUT2D eigenvalue weighted by Gasteiger charge is 2.34. The van der Waals surface area contributed by atoms with Crippen LogP contribution in [0.1, 0.15) is 19.3 Å². The van der Waals surface area contributed by atoms with E-state index in [9.17, 15) is 0 Å². The van der Waals surface area contributed by atoms with Crippen LogP contribution < -0.4 is 9.80 Å². The quantitative estimate of drug-likeness (QED) is 0.772. The van der Waals surface area contributed by atoms with Gasteiger partial charge in [0.15, 0.2) is 0 Å². The Labute approximate surface area is 135 Å². The zero-order chi connectivity index (χ0) is 14.9. The predicted octanol–water partition coefficient (Wildman–Crippen LogP) is 1.72. The van der Waals surface area contributed by atoms with Crippen molar-refractivity contribution in [3.63, 3.8) is 0 Å². The van der Waals surface area contributed by atoms with Crippen molar-refractivity contribution >= 4 is 23.4 Å². The molecule has 0 saturated carbocycles. The molecule has 120 valence electrons.